The molecular weight excluding hydrogens is 261 g/mol. The number of hydrogen-bond donors (Lipinski definition) is 2. The van der Waals surface area contributed by atoms with Crippen LogP contribution in [0.15, 0.2) is 12.1 Å². The number of fused-ring (bicyclic) bond motifs is 1. The number of ether oxygens (including phenoxy) is 1. The van der Waals surface area contributed by atoms with Crippen LogP contribution in [0.4, 0.5) is 24.5 Å². The number of carbonyl (C=O) groups excluding carboxylic acids is 1. The number of carbonyl (C=O) groups is 1. The predicted molar refractivity (Wildman–Crippen MR) is 64.0 cm³/mol. The molecule has 1 aliphatic heterocycles. The molecule has 1 amide bonds. The van der Waals surface area contributed by atoms with Gasteiger partial charge in [0.25, 0.3) is 0 Å². The standard InChI is InChI=1S/C12H13F3N2O2/c1-6(12(13,14)15)19-10-5-9-7(4-8(10)16)2-3-11(18)17-9/h4-6H,2-3,16H2,1H3,(H,17,18). The molecule has 4 nitrogen and oxygen atoms in total. The number of nitrogens with one attached hydrogen (secondary N) is 1. The van der Waals surface area contributed by atoms with E-state index >= 15 is 0 Å². The summed E-state index contributed by atoms with van der Waals surface area (Å²) in [5.41, 5.74) is 7.05. The van der Waals surface area contributed by atoms with Crippen LogP contribution in [0.1, 0.15) is 18.9 Å². The van der Waals surface area contributed by atoms with Gasteiger partial charge in [0.2, 0.25) is 5.91 Å². The Morgan fingerprint density at radius 1 is 1.37 bits per heavy atom. The van der Waals surface area contributed by atoms with Crippen LogP contribution in [0.5, 0.6) is 5.75 Å². The first-order valence-corrected chi connectivity index (χ1v) is 5.73. The van der Waals surface area contributed by atoms with Gasteiger partial charge in [0, 0.05) is 18.2 Å². The number of benzene rings is 1. The third kappa shape index (κ3) is 2.91. The number of aryl methyl sites for hydroxylation is 1. The van der Waals surface area contributed by atoms with Crippen LogP contribution < -0.4 is 15.8 Å². The van der Waals surface area contributed by atoms with E-state index < -0.39 is 12.3 Å². The Labute approximate surface area is 107 Å². The van der Waals surface area contributed by atoms with Crippen molar-refractivity contribution in [1.82, 2.24) is 0 Å². The minimum atomic E-state index is -4.47. The largest absolute Gasteiger partial charge is 0.479 e. The SMILES string of the molecule is CC(Oc1cc2c(cc1N)CCC(=O)N2)C(F)(F)F. The van der Waals surface area contributed by atoms with Crippen molar-refractivity contribution in [1.29, 1.82) is 0 Å². The van der Waals surface area contributed by atoms with Gasteiger partial charge < -0.3 is 15.8 Å². The number of anilines is 2. The van der Waals surface area contributed by atoms with Gasteiger partial charge in [-0.2, -0.15) is 13.2 Å². The lowest BCUT2D eigenvalue weighted by molar-refractivity contribution is -0.189. The van der Waals surface area contributed by atoms with Gasteiger partial charge in [-0.3, -0.25) is 4.79 Å². The molecular formula is C12H13F3N2O2. The summed E-state index contributed by atoms with van der Waals surface area (Å²) >= 11 is 0. The number of halogens is 3. The second-order valence-electron chi connectivity index (χ2n) is 4.40. The quantitative estimate of drug-likeness (QED) is 0.814. The third-order valence-electron chi connectivity index (χ3n) is 2.90. The van der Waals surface area contributed by atoms with Crippen molar-refractivity contribution in [3.8, 4) is 5.75 Å². The summed E-state index contributed by atoms with van der Waals surface area (Å²) in [7, 11) is 0. The van der Waals surface area contributed by atoms with Crippen LogP contribution >= 0.6 is 0 Å². The molecule has 1 atom stereocenters. The van der Waals surface area contributed by atoms with Crippen molar-refractivity contribution < 1.29 is 22.7 Å². The number of amides is 1. The lowest BCUT2D eigenvalue weighted by Crippen LogP contribution is -2.31. The van der Waals surface area contributed by atoms with Crippen LogP contribution in [0.3, 0.4) is 0 Å². The highest BCUT2D eigenvalue weighted by molar-refractivity contribution is 5.94. The van der Waals surface area contributed by atoms with Crippen molar-refractivity contribution in [2.24, 2.45) is 0 Å². The molecule has 0 saturated carbocycles. The molecule has 0 bridgehead atoms. The Kier molecular flexibility index (Phi) is 3.30. The molecule has 1 unspecified atom stereocenters. The highest BCUT2D eigenvalue weighted by Crippen LogP contribution is 2.35. The van der Waals surface area contributed by atoms with Gasteiger partial charge >= 0.3 is 6.18 Å². The molecule has 3 N–H and O–H groups in total. The molecule has 0 aliphatic carbocycles. The van der Waals surface area contributed by atoms with E-state index in [9.17, 15) is 18.0 Å². The molecule has 0 radical (unpaired) electrons. The molecule has 0 spiro atoms. The molecule has 0 fully saturated rings. The lowest BCUT2D eigenvalue weighted by Gasteiger charge is -2.22. The van der Waals surface area contributed by atoms with Gasteiger partial charge in [-0.25, -0.2) is 0 Å². The highest BCUT2D eigenvalue weighted by atomic mass is 19.4. The lowest BCUT2D eigenvalue weighted by atomic mass is 10.0. The minimum absolute atomic E-state index is 0.0780. The van der Waals surface area contributed by atoms with E-state index in [2.05, 4.69) is 5.32 Å². The van der Waals surface area contributed by atoms with Crippen LogP contribution in [-0.4, -0.2) is 18.2 Å². The smallest absolute Gasteiger partial charge is 0.425 e. The molecule has 1 heterocycles. The molecule has 19 heavy (non-hydrogen) atoms. The monoisotopic (exact) mass is 274 g/mol. The fourth-order valence-corrected chi connectivity index (χ4v) is 1.79. The van der Waals surface area contributed by atoms with Crippen molar-refractivity contribution in [2.45, 2.75) is 32.0 Å². The van der Waals surface area contributed by atoms with E-state index in [-0.39, 0.29) is 17.3 Å². The van der Waals surface area contributed by atoms with Gasteiger partial charge in [0.15, 0.2) is 6.10 Å². The predicted octanol–water partition coefficient (Wildman–Crippen LogP) is 2.48. The molecule has 0 saturated heterocycles. The molecule has 1 aromatic rings. The van der Waals surface area contributed by atoms with E-state index in [0.29, 0.717) is 18.5 Å². The maximum atomic E-state index is 12.4. The summed E-state index contributed by atoms with van der Waals surface area (Å²) in [5.74, 6) is -0.252. The summed E-state index contributed by atoms with van der Waals surface area (Å²) in [5, 5.41) is 2.58. The van der Waals surface area contributed by atoms with Gasteiger partial charge in [0.1, 0.15) is 5.75 Å². The summed E-state index contributed by atoms with van der Waals surface area (Å²) in [4.78, 5) is 11.2. The Bertz CT molecular complexity index is 514. The molecule has 2 rings (SSSR count). The summed E-state index contributed by atoms with van der Waals surface area (Å²) in [6, 6.07) is 2.87. The van der Waals surface area contributed by atoms with Gasteiger partial charge in [-0.1, -0.05) is 0 Å². The van der Waals surface area contributed by atoms with Crippen molar-refractivity contribution >= 4 is 17.3 Å². The van der Waals surface area contributed by atoms with Crippen molar-refractivity contribution in [3.05, 3.63) is 17.7 Å². The highest BCUT2D eigenvalue weighted by Gasteiger charge is 2.38. The first kappa shape index (κ1) is 13.5. The van der Waals surface area contributed by atoms with E-state index in [1.807, 2.05) is 0 Å². The Morgan fingerprint density at radius 2 is 2.05 bits per heavy atom. The summed E-state index contributed by atoms with van der Waals surface area (Å²) in [6.07, 6.45) is -5.58. The first-order valence-electron chi connectivity index (χ1n) is 5.73. The number of hydrogen-bond acceptors (Lipinski definition) is 3. The number of alkyl halides is 3. The summed E-state index contributed by atoms with van der Waals surface area (Å²) < 4.78 is 42.1. The number of rotatable bonds is 2. The average Bonchev–Trinajstić information content (AvgIpc) is 2.29. The minimum Gasteiger partial charge on any atom is -0.479 e. The zero-order chi connectivity index (χ0) is 14.2. The fraction of sp³-hybridized carbons (Fsp3) is 0.417. The maximum absolute atomic E-state index is 12.4. The topological polar surface area (TPSA) is 64.3 Å². The van der Waals surface area contributed by atoms with Gasteiger partial charge in [-0.05, 0) is 25.0 Å². The molecule has 7 heteroatoms. The Morgan fingerprint density at radius 3 is 2.68 bits per heavy atom. The normalized spacial score (nSPS) is 16.5. The molecule has 1 aromatic carbocycles. The first-order chi connectivity index (χ1) is 8.77. The average molecular weight is 274 g/mol. The van der Waals surface area contributed by atoms with E-state index in [1.54, 1.807) is 0 Å². The maximum Gasteiger partial charge on any atom is 0.425 e. The second-order valence-corrected chi connectivity index (χ2v) is 4.40. The van der Waals surface area contributed by atoms with Crippen molar-refractivity contribution in [3.63, 3.8) is 0 Å². The second kappa shape index (κ2) is 4.64. The fourth-order valence-electron chi connectivity index (χ4n) is 1.79. The van der Waals surface area contributed by atoms with E-state index in [0.717, 1.165) is 12.5 Å². The van der Waals surface area contributed by atoms with Gasteiger partial charge in [-0.15, -0.1) is 0 Å². The van der Waals surface area contributed by atoms with Gasteiger partial charge in [0.05, 0.1) is 5.69 Å². The molecule has 104 valence electrons. The number of nitrogen functional groups attached to an aromatic ring is 1. The molecule has 1 aliphatic rings. The van der Waals surface area contributed by atoms with E-state index in [1.165, 1.54) is 12.1 Å². The Hall–Kier alpha value is -1.92. The van der Waals surface area contributed by atoms with E-state index in [4.69, 9.17) is 10.5 Å². The van der Waals surface area contributed by atoms with Crippen LogP contribution in [0.25, 0.3) is 0 Å². The van der Waals surface area contributed by atoms with Crippen molar-refractivity contribution in [2.75, 3.05) is 11.1 Å². The molecule has 0 aromatic heterocycles. The zero-order valence-electron chi connectivity index (χ0n) is 10.2. The Balaban J connectivity index is 2.27. The van der Waals surface area contributed by atoms with Crippen LogP contribution in [-0.2, 0) is 11.2 Å². The van der Waals surface area contributed by atoms with Crippen LogP contribution in [0.2, 0.25) is 0 Å². The van der Waals surface area contributed by atoms with Crippen LogP contribution in [0, 0.1) is 0 Å². The third-order valence-corrected chi connectivity index (χ3v) is 2.90. The summed E-state index contributed by atoms with van der Waals surface area (Å²) in [6.45, 7) is 0.900. The number of nitrogens with two attached hydrogens (primary N) is 1. The zero-order valence-corrected chi connectivity index (χ0v) is 10.2.